The largest absolute Gasteiger partial charge is 0.394 e. The first-order valence-electron chi connectivity index (χ1n) is 30.1. The number of allylic oxidation sites excluding steroid dienone is 1. The quantitative estimate of drug-likeness (QED) is 0.0680. The van der Waals surface area contributed by atoms with Crippen molar-refractivity contribution in [1.82, 2.24) is 0 Å². The fourth-order valence-corrected chi connectivity index (χ4v) is 16.2. The molecule has 478 valence electrons. The summed E-state index contributed by atoms with van der Waals surface area (Å²) in [6, 6.07) is 0. The lowest BCUT2D eigenvalue weighted by Gasteiger charge is -2.58. The maximum absolute atomic E-state index is 12.1. The minimum Gasteiger partial charge on any atom is -0.394 e. The zero-order chi connectivity index (χ0) is 60.1. The second kappa shape index (κ2) is 25.2. The fourth-order valence-electron chi connectivity index (χ4n) is 16.2. The molecular formula is C57H94O26. The highest BCUT2D eigenvalue weighted by molar-refractivity contribution is 5.26. The van der Waals surface area contributed by atoms with Crippen molar-refractivity contribution in [1.29, 1.82) is 0 Å². The van der Waals surface area contributed by atoms with Gasteiger partial charge in [0.15, 0.2) is 37.2 Å². The fraction of sp³-hybridized carbons (Fsp3) is 0.965. The predicted octanol–water partition coefficient (Wildman–Crippen LogP) is -3.13. The van der Waals surface area contributed by atoms with Gasteiger partial charge in [0.05, 0.1) is 50.3 Å². The molecule has 36 atom stereocenters. The molecule has 0 aromatic heterocycles. The van der Waals surface area contributed by atoms with Gasteiger partial charge in [0.2, 0.25) is 0 Å². The van der Waals surface area contributed by atoms with Crippen LogP contribution in [0.25, 0.3) is 0 Å². The van der Waals surface area contributed by atoms with Gasteiger partial charge in [-0.3, -0.25) is 0 Å². The van der Waals surface area contributed by atoms with Crippen LogP contribution in [-0.4, -0.2) is 268 Å². The molecule has 26 nitrogen and oxygen atoms in total. The Balaban J connectivity index is 0.743. The Kier molecular flexibility index (Phi) is 19.6. The first-order chi connectivity index (χ1) is 39.1. The smallest absolute Gasteiger partial charge is 0.187 e. The molecule has 6 heterocycles. The van der Waals surface area contributed by atoms with Crippen LogP contribution in [0, 0.1) is 46.3 Å². The summed E-state index contributed by atoms with van der Waals surface area (Å²) in [5, 5.41) is 162. The highest BCUT2D eigenvalue weighted by Crippen LogP contribution is 2.70. The van der Waals surface area contributed by atoms with E-state index in [9.17, 15) is 76.6 Å². The van der Waals surface area contributed by atoms with Gasteiger partial charge in [0.1, 0.15) is 104 Å². The van der Waals surface area contributed by atoms with E-state index in [0.29, 0.717) is 43.4 Å². The van der Waals surface area contributed by atoms with Gasteiger partial charge in [-0.15, -0.1) is 0 Å². The van der Waals surface area contributed by atoms with Gasteiger partial charge in [-0.2, -0.15) is 0 Å². The van der Waals surface area contributed by atoms with Gasteiger partial charge in [0.25, 0.3) is 0 Å². The van der Waals surface area contributed by atoms with Crippen molar-refractivity contribution in [2.45, 2.75) is 278 Å². The number of fused-ring (bicyclic) bond motifs is 7. The lowest BCUT2D eigenvalue weighted by atomic mass is 9.47. The summed E-state index contributed by atoms with van der Waals surface area (Å²) in [5.74, 6) is -0.252. The van der Waals surface area contributed by atoms with Crippen LogP contribution in [0.15, 0.2) is 11.6 Å². The highest BCUT2D eigenvalue weighted by Gasteiger charge is 2.68. The maximum Gasteiger partial charge on any atom is 0.187 e. The average Bonchev–Trinajstić information content (AvgIpc) is 1.70. The lowest BCUT2D eigenvalue weighted by molar-refractivity contribution is -0.391. The van der Waals surface area contributed by atoms with E-state index >= 15 is 0 Å². The normalized spacial score (nSPS) is 55.9. The molecule has 0 bridgehead atoms. The summed E-state index contributed by atoms with van der Waals surface area (Å²) >= 11 is 0. The molecule has 0 spiro atoms. The second-order valence-corrected chi connectivity index (χ2v) is 26.6. The second-order valence-electron chi connectivity index (χ2n) is 26.6. The summed E-state index contributed by atoms with van der Waals surface area (Å²) in [7, 11) is 0. The number of rotatable bonds is 16. The third kappa shape index (κ3) is 11.9. The van der Waals surface area contributed by atoms with Crippen LogP contribution < -0.4 is 0 Å². The lowest BCUT2D eigenvalue weighted by Crippen LogP contribution is -2.66. The van der Waals surface area contributed by atoms with Gasteiger partial charge >= 0.3 is 0 Å². The minimum atomic E-state index is -1.81. The van der Waals surface area contributed by atoms with E-state index in [1.165, 1.54) is 26.3 Å². The van der Waals surface area contributed by atoms with Crippen molar-refractivity contribution in [3.05, 3.63) is 11.6 Å². The van der Waals surface area contributed by atoms with E-state index < -0.39 is 179 Å². The molecule has 83 heavy (non-hydrogen) atoms. The van der Waals surface area contributed by atoms with Crippen molar-refractivity contribution >= 4 is 0 Å². The third-order valence-electron chi connectivity index (χ3n) is 21.5. The van der Waals surface area contributed by atoms with Crippen molar-refractivity contribution < 1.29 is 129 Å². The molecule has 26 heteroatoms. The van der Waals surface area contributed by atoms with Crippen LogP contribution in [0.5, 0.6) is 0 Å². The summed E-state index contributed by atoms with van der Waals surface area (Å²) in [4.78, 5) is 0. The zero-order valence-corrected chi connectivity index (χ0v) is 48.3. The van der Waals surface area contributed by atoms with Crippen molar-refractivity contribution in [3.63, 3.8) is 0 Å². The molecule has 15 N–H and O–H groups in total. The standard InChI is InChI=1S/C57H94O26/c1-21(19-73-50-45(69)41(65)38(62)32(18-58)79-50)10-15-57(72)22(2)34-31(83-57)17-30-28-9-8-26-16-27(11-13-55(26,6)29(28)12-14-56(30,34)7)78-52-47(71)42(66)39(63)33(80-52)20-74-53-48(43(67)36(60)24(4)76-53)82-54-49(44(68)37(61)25(5)77-54)81-51-46(70)40(64)35(59)23(3)75-51/h8,21-25,27-54,58-72H,9-20H2,1-7H3/t21-,22+,23+,24+,25+,27-,28+,29+,30-,31+,32-,33-,34+,35+,36+,37+,38-,39-,40-,41+,42+,43-,44-,45-,46-,47-,48-,49-,50-,51+,52-,53-,54+,55+,56+,57+/m1/s1. The Labute approximate surface area is 483 Å². The molecule has 4 aliphatic carbocycles. The first kappa shape index (κ1) is 64.7. The molecule has 0 aromatic carbocycles. The van der Waals surface area contributed by atoms with Gasteiger partial charge in [-0.25, -0.2) is 0 Å². The number of hydrogen-bond donors (Lipinski definition) is 15. The van der Waals surface area contributed by atoms with Crippen molar-refractivity contribution in [2.75, 3.05) is 19.8 Å². The van der Waals surface area contributed by atoms with Gasteiger partial charge in [-0.05, 0) is 113 Å². The van der Waals surface area contributed by atoms with Gasteiger partial charge in [0, 0.05) is 12.3 Å². The molecule has 0 radical (unpaired) electrons. The van der Waals surface area contributed by atoms with Crippen molar-refractivity contribution in [3.8, 4) is 0 Å². The SMILES string of the molecule is C[C@H](CC[C@]1(O)O[C@H]2C[C@@H]3[C@H]4CC=C5C[C@H](O[C@@H]6O[C@H](CO[C@@H]7O[C@@H](C)[C@H](O)[C@@H](O)[C@H]7O[C@@H]7O[C@@H](C)[C@H](O)[C@@H](O)[C@H]7O[C@@H]7O[C@@H](C)[C@H](O)[C@@H](O)[C@H]7O)[C@@H](O)[C@H](O)[C@H]6O)CC[C@]5(C)[C@H]4CC[C@]3(C)[C@H]2[C@@H]1C)CO[C@@H]1O[C@H](CO)[C@@H](O)[C@H](O)[C@H]1O. The van der Waals surface area contributed by atoms with Crippen LogP contribution in [0.1, 0.15) is 106 Å². The molecule has 0 amide bonds. The number of hydrogen-bond acceptors (Lipinski definition) is 26. The molecule has 9 fully saturated rings. The van der Waals surface area contributed by atoms with Crippen LogP contribution in [0.2, 0.25) is 0 Å². The summed E-state index contributed by atoms with van der Waals surface area (Å²) < 4.78 is 66.2. The average molecular weight is 1200 g/mol. The number of aliphatic hydroxyl groups excluding tert-OH is 14. The molecule has 10 aliphatic rings. The van der Waals surface area contributed by atoms with Crippen molar-refractivity contribution in [2.24, 2.45) is 46.3 Å². The predicted molar refractivity (Wildman–Crippen MR) is 280 cm³/mol. The summed E-state index contributed by atoms with van der Waals surface area (Å²) in [6.45, 7) is 12.2. The van der Waals surface area contributed by atoms with E-state index in [-0.39, 0.29) is 41.3 Å². The molecule has 10 rings (SSSR count). The van der Waals surface area contributed by atoms with Crippen LogP contribution in [0.3, 0.4) is 0 Å². The van der Waals surface area contributed by atoms with E-state index in [1.807, 2.05) is 6.92 Å². The zero-order valence-electron chi connectivity index (χ0n) is 48.3. The van der Waals surface area contributed by atoms with E-state index in [1.54, 1.807) is 0 Å². The Bertz CT molecular complexity index is 2200. The Morgan fingerprint density at radius 3 is 1.77 bits per heavy atom. The number of aliphatic hydroxyl groups is 15. The Morgan fingerprint density at radius 2 is 1.12 bits per heavy atom. The van der Waals surface area contributed by atoms with Gasteiger partial charge < -0.3 is 129 Å². The molecular weight excluding hydrogens is 1100 g/mol. The molecule has 6 aliphatic heterocycles. The first-order valence-corrected chi connectivity index (χ1v) is 30.1. The molecule has 0 unspecified atom stereocenters. The summed E-state index contributed by atoms with van der Waals surface area (Å²) in [5.41, 5.74) is 1.07. The van der Waals surface area contributed by atoms with Crippen LogP contribution >= 0.6 is 0 Å². The number of ether oxygens (including phenoxy) is 11. The summed E-state index contributed by atoms with van der Waals surface area (Å²) in [6.07, 6.45) is -29.1. The van der Waals surface area contributed by atoms with E-state index in [2.05, 4.69) is 26.8 Å². The Morgan fingerprint density at radius 1 is 0.578 bits per heavy atom. The highest BCUT2D eigenvalue weighted by atomic mass is 16.8. The van der Waals surface area contributed by atoms with E-state index in [4.69, 9.17) is 52.1 Å². The minimum absolute atomic E-state index is 0.0620. The van der Waals surface area contributed by atoms with Crippen LogP contribution in [0.4, 0.5) is 0 Å². The Hall–Kier alpha value is -1.30. The molecule has 6 saturated heterocycles. The monoisotopic (exact) mass is 1190 g/mol. The third-order valence-corrected chi connectivity index (χ3v) is 21.5. The molecule has 0 aromatic rings. The van der Waals surface area contributed by atoms with E-state index in [0.717, 1.165) is 32.1 Å². The van der Waals surface area contributed by atoms with Crippen LogP contribution in [-0.2, 0) is 52.1 Å². The maximum atomic E-state index is 12.1. The topological polar surface area (TPSA) is 405 Å². The van der Waals surface area contributed by atoms with Gasteiger partial charge in [-0.1, -0.05) is 39.3 Å². The molecule has 3 saturated carbocycles.